The summed E-state index contributed by atoms with van der Waals surface area (Å²) in [6.45, 7) is 1.83. The number of ether oxygens (including phenoxy) is 1. The average Bonchev–Trinajstić information content (AvgIpc) is 2.60. The van der Waals surface area contributed by atoms with E-state index in [9.17, 15) is 4.79 Å². The number of aromatic carboxylic acids is 1. The lowest BCUT2D eigenvalue weighted by atomic mass is 10.3. The number of hydrogen-bond donors (Lipinski definition) is 1. The number of rotatable bonds is 3. The van der Waals surface area contributed by atoms with Crippen molar-refractivity contribution in [2.75, 3.05) is 0 Å². The first-order valence-corrected chi connectivity index (χ1v) is 5.42. The largest absolute Gasteiger partial charge is 0.478 e. The third-order valence-corrected chi connectivity index (χ3v) is 2.49. The van der Waals surface area contributed by atoms with Gasteiger partial charge in [-0.3, -0.25) is 0 Å². The van der Waals surface area contributed by atoms with Crippen LogP contribution in [0.1, 0.15) is 16.1 Å². The SMILES string of the molecule is Cc1cc(Oc2ncc(C(=O)O)cc2Cl)n(C)n1. The second-order valence-corrected chi connectivity index (χ2v) is 4.07. The van der Waals surface area contributed by atoms with Crippen LogP contribution in [0.15, 0.2) is 18.3 Å². The van der Waals surface area contributed by atoms with Gasteiger partial charge < -0.3 is 9.84 Å². The van der Waals surface area contributed by atoms with Gasteiger partial charge in [0.05, 0.1) is 11.3 Å². The van der Waals surface area contributed by atoms with E-state index in [1.54, 1.807) is 17.8 Å². The molecule has 18 heavy (non-hydrogen) atoms. The quantitative estimate of drug-likeness (QED) is 0.923. The maximum atomic E-state index is 10.7. The first-order valence-electron chi connectivity index (χ1n) is 5.04. The summed E-state index contributed by atoms with van der Waals surface area (Å²) < 4.78 is 7.00. The second-order valence-electron chi connectivity index (χ2n) is 3.67. The molecule has 2 aromatic rings. The van der Waals surface area contributed by atoms with Gasteiger partial charge in [0.15, 0.2) is 0 Å². The van der Waals surface area contributed by atoms with E-state index in [0.29, 0.717) is 5.88 Å². The van der Waals surface area contributed by atoms with E-state index in [1.165, 1.54) is 12.3 Å². The number of nitrogens with zero attached hydrogens (tertiary/aromatic N) is 3. The van der Waals surface area contributed by atoms with Crippen LogP contribution in [-0.4, -0.2) is 25.8 Å². The monoisotopic (exact) mass is 267 g/mol. The molecule has 0 aliphatic carbocycles. The van der Waals surface area contributed by atoms with Crippen molar-refractivity contribution in [2.24, 2.45) is 7.05 Å². The number of carbonyl (C=O) groups is 1. The number of carboxylic acids is 1. The number of aromatic nitrogens is 3. The smallest absolute Gasteiger partial charge is 0.337 e. The topological polar surface area (TPSA) is 77.2 Å². The Morgan fingerprint density at radius 3 is 2.72 bits per heavy atom. The highest BCUT2D eigenvalue weighted by molar-refractivity contribution is 6.32. The van der Waals surface area contributed by atoms with Crippen molar-refractivity contribution < 1.29 is 14.6 Å². The highest BCUT2D eigenvalue weighted by atomic mass is 35.5. The second kappa shape index (κ2) is 4.66. The summed E-state index contributed by atoms with van der Waals surface area (Å²) in [6.07, 6.45) is 1.19. The van der Waals surface area contributed by atoms with Crippen LogP contribution in [-0.2, 0) is 7.05 Å². The molecule has 0 saturated heterocycles. The van der Waals surface area contributed by atoms with Crippen LogP contribution in [0.5, 0.6) is 11.8 Å². The van der Waals surface area contributed by atoms with Crippen LogP contribution < -0.4 is 4.74 Å². The Balaban J connectivity index is 2.30. The van der Waals surface area contributed by atoms with Crippen molar-refractivity contribution in [1.82, 2.24) is 14.8 Å². The van der Waals surface area contributed by atoms with Gasteiger partial charge in [-0.25, -0.2) is 14.5 Å². The summed E-state index contributed by atoms with van der Waals surface area (Å²) in [7, 11) is 1.72. The van der Waals surface area contributed by atoms with Gasteiger partial charge in [-0.1, -0.05) is 11.6 Å². The maximum absolute atomic E-state index is 10.7. The van der Waals surface area contributed by atoms with Crippen molar-refractivity contribution in [2.45, 2.75) is 6.92 Å². The van der Waals surface area contributed by atoms with Crippen molar-refractivity contribution in [3.05, 3.63) is 34.6 Å². The molecule has 6 nitrogen and oxygen atoms in total. The highest BCUT2D eigenvalue weighted by Crippen LogP contribution is 2.27. The van der Waals surface area contributed by atoms with Gasteiger partial charge in [0.2, 0.25) is 11.8 Å². The van der Waals surface area contributed by atoms with E-state index in [-0.39, 0.29) is 16.5 Å². The molecule has 0 unspecified atom stereocenters. The molecule has 0 radical (unpaired) electrons. The van der Waals surface area contributed by atoms with Gasteiger partial charge in [0.1, 0.15) is 5.02 Å². The Labute approximate surface area is 108 Å². The summed E-state index contributed by atoms with van der Waals surface area (Å²) in [5.41, 5.74) is 0.805. The molecule has 1 N–H and O–H groups in total. The van der Waals surface area contributed by atoms with Gasteiger partial charge >= 0.3 is 5.97 Å². The lowest BCUT2D eigenvalue weighted by Gasteiger charge is -2.06. The molecule has 0 saturated carbocycles. The zero-order valence-electron chi connectivity index (χ0n) is 9.72. The minimum absolute atomic E-state index is 0.00790. The van der Waals surface area contributed by atoms with Gasteiger partial charge in [-0.15, -0.1) is 0 Å². The molecule has 2 heterocycles. The zero-order valence-corrected chi connectivity index (χ0v) is 10.5. The first-order chi connectivity index (χ1) is 8.47. The molecular formula is C11H10ClN3O3. The van der Waals surface area contributed by atoms with E-state index in [2.05, 4.69) is 10.1 Å². The van der Waals surface area contributed by atoms with Crippen LogP contribution in [0.25, 0.3) is 0 Å². The van der Waals surface area contributed by atoms with Gasteiger partial charge in [0, 0.05) is 19.3 Å². The predicted octanol–water partition coefficient (Wildman–Crippen LogP) is 2.27. The molecule has 0 aliphatic heterocycles. The highest BCUT2D eigenvalue weighted by Gasteiger charge is 2.12. The molecule has 7 heteroatoms. The zero-order chi connectivity index (χ0) is 13.3. The minimum atomic E-state index is -1.09. The van der Waals surface area contributed by atoms with E-state index in [4.69, 9.17) is 21.4 Å². The van der Waals surface area contributed by atoms with Crippen LogP contribution in [0.4, 0.5) is 0 Å². The standard InChI is InChI=1S/C11H10ClN3O3/c1-6-3-9(15(2)14-6)18-10-8(12)4-7(5-13-10)11(16)17/h3-5H,1-2H3,(H,16,17). The predicted molar refractivity (Wildman–Crippen MR) is 64.2 cm³/mol. The molecule has 0 spiro atoms. The fourth-order valence-electron chi connectivity index (χ4n) is 1.40. The Kier molecular flexibility index (Phi) is 3.20. The van der Waals surface area contributed by atoms with Crippen molar-refractivity contribution in [1.29, 1.82) is 0 Å². The van der Waals surface area contributed by atoms with Crippen LogP contribution >= 0.6 is 11.6 Å². The number of pyridine rings is 1. The van der Waals surface area contributed by atoms with E-state index < -0.39 is 5.97 Å². The maximum Gasteiger partial charge on any atom is 0.337 e. The Morgan fingerprint density at radius 1 is 1.50 bits per heavy atom. The van der Waals surface area contributed by atoms with Gasteiger partial charge in [-0.2, -0.15) is 5.10 Å². The lowest BCUT2D eigenvalue weighted by Crippen LogP contribution is -2.00. The molecule has 0 aromatic carbocycles. The third-order valence-electron chi connectivity index (χ3n) is 2.21. The fraction of sp³-hybridized carbons (Fsp3) is 0.182. The van der Waals surface area contributed by atoms with Crippen LogP contribution in [0.3, 0.4) is 0 Å². The normalized spacial score (nSPS) is 10.4. The number of carboxylic acid groups (broad SMARTS) is 1. The Hall–Kier alpha value is -2.08. The van der Waals surface area contributed by atoms with Crippen molar-refractivity contribution >= 4 is 17.6 Å². The van der Waals surface area contributed by atoms with E-state index in [1.807, 2.05) is 6.92 Å². The molecule has 0 fully saturated rings. The van der Waals surface area contributed by atoms with Gasteiger partial charge in [0.25, 0.3) is 0 Å². The molecule has 94 valence electrons. The molecule has 0 bridgehead atoms. The number of hydrogen-bond acceptors (Lipinski definition) is 4. The summed E-state index contributed by atoms with van der Waals surface area (Å²) in [5.74, 6) is -0.470. The molecule has 0 atom stereocenters. The van der Waals surface area contributed by atoms with E-state index >= 15 is 0 Å². The number of aryl methyl sites for hydroxylation is 2. The summed E-state index contributed by atoms with van der Waals surface area (Å²) in [4.78, 5) is 14.6. The average molecular weight is 268 g/mol. The summed E-state index contributed by atoms with van der Waals surface area (Å²) >= 11 is 5.90. The number of halogens is 1. The molecule has 0 aliphatic rings. The Morgan fingerprint density at radius 2 is 2.22 bits per heavy atom. The molecule has 0 amide bonds. The first kappa shape index (κ1) is 12.4. The fourth-order valence-corrected chi connectivity index (χ4v) is 1.60. The summed E-state index contributed by atoms with van der Waals surface area (Å²) in [5, 5.41) is 13.0. The van der Waals surface area contributed by atoms with Crippen LogP contribution in [0.2, 0.25) is 5.02 Å². The third kappa shape index (κ3) is 2.43. The Bertz CT molecular complexity index is 610. The minimum Gasteiger partial charge on any atom is -0.478 e. The van der Waals surface area contributed by atoms with Gasteiger partial charge in [-0.05, 0) is 13.0 Å². The van der Waals surface area contributed by atoms with E-state index in [0.717, 1.165) is 5.69 Å². The molecule has 2 rings (SSSR count). The van der Waals surface area contributed by atoms with Crippen molar-refractivity contribution in [3.63, 3.8) is 0 Å². The molecule has 2 aromatic heterocycles. The lowest BCUT2D eigenvalue weighted by molar-refractivity contribution is 0.0696. The van der Waals surface area contributed by atoms with Crippen LogP contribution in [0, 0.1) is 6.92 Å². The van der Waals surface area contributed by atoms with Crippen molar-refractivity contribution in [3.8, 4) is 11.8 Å². The summed E-state index contributed by atoms with van der Waals surface area (Å²) in [6, 6.07) is 3.01. The molecular weight excluding hydrogens is 258 g/mol.